The summed E-state index contributed by atoms with van der Waals surface area (Å²) in [5, 5.41) is 3.10. The third kappa shape index (κ3) is 8.42. The third-order valence-electron chi connectivity index (χ3n) is 17.3. The highest BCUT2D eigenvalue weighted by molar-refractivity contribution is 6.03. The largest absolute Gasteiger partial charge is 0.279 e. The van der Waals surface area contributed by atoms with Crippen molar-refractivity contribution in [2.45, 2.75) is 78.6 Å². The molecule has 0 aliphatic heterocycles. The Morgan fingerprint density at radius 2 is 0.471 bits per heavy atom. The number of fused-ring (bicyclic) bond motifs is 15. The first-order valence-corrected chi connectivity index (χ1v) is 30.1. The zero-order valence-corrected chi connectivity index (χ0v) is 50.3. The fraction of sp³-hybridized carbons (Fsp3) is 0.154. The molecular weight excluding hydrogens is 1060 g/mol. The van der Waals surface area contributed by atoms with Crippen molar-refractivity contribution in [3.63, 3.8) is 0 Å². The molecular formula is C78H63N9. The smallest absolute Gasteiger partial charge is 0.148 e. The molecule has 87 heavy (non-hydrogen) atoms. The zero-order valence-electron chi connectivity index (χ0n) is 50.3. The van der Waals surface area contributed by atoms with E-state index in [1.54, 1.807) is 0 Å². The van der Waals surface area contributed by atoms with E-state index in [2.05, 4.69) is 294 Å². The van der Waals surface area contributed by atoms with Gasteiger partial charge in [-0.25, -0.2) is 29.9 Å². The summed E-state index contributed by atoms with van der Waals surface area (Å²) >= 11 is 0. The molecule has 10 aromatic carbocycles. The number of nitrogens with zero attached hydrogens (tertiary/aromatic N) is 9. The van der Waals surface area contributed by atoms with E-state index in [0.29, 0.717) is 0 Å². The van der Waals surface area contributed by atoms with Gasteiger partial charge >= 0.3 is 0 Å². The molecule has 0 saturated carbocycles. The normalized spacial score (nSPS) is 12.7. The Kier molecular flexibility index (Phi) is 11.4. The molecule has 0 aliphatic rings. The van der Waals surface area contributed by atoms with Crippen LogP contribution < -0.4 is 0 Å². The van der Waals surface area contributed by atoms with Crippen molar-refractivity contribution in [2.75, 3.05) is 0 Å². The molecule has 0 amide bonds. The molecule has 16 aromatic rings. The summed E-state index contributed by atoms with van der Waals surface area (Å²) < 4.78 is 6.80. The van der Waals surface area contributed by atoms with Crippen molar-refractivity contribution in [1.82, 2.24) is 43.1 Å². The van der Waals surface area contributed by atoms with Crippen LogP contribution in [0.15, 0.2) is 218 Å². The van der Waals surface area contributed by atoms with E-state index >= 15 is 0 Å². The van der Waals surface area contributed by atoms with E-state index < -0.39 is 0 Å². The van der Waals surface area contributed by atoms with Gasteiger partial charge in [0.1, 0.15) is 34.4 Å². The summed E-state index contributed by atoms with van der Waals surface area (Å²) in [6, 6.07) is 78.9. The van der Waals surface area contributed by atoms with Gasteiger partial charge < -0.3 is 0 Å². The van der Waals surface area contributed by atoms with Crippen LogP contribution in [0.2, 0.25) is 0 Å². The minimum atomic E-state index is -0.227. The predicted molar refractivity (Wildman–Crippen MR) is 360 cm³/mol. The van der Waals surface area contributed by atoms with Crippen LogP contribution in [0.3, 0.4) is 0 Å². The van der Waals surface area contributed by atoms with Crippen LogP contribution in [0.4, 0.5) is 0 Å². The van der Waals surface area contributed by atoms with E-state index in [-0.39, 0.29) is 16.2 Å². The molecule has 0 aliphatic carbocycles. The lowest BCUT2D eigenvalue weighted by Gasteiger charge is -2.21. The molecule has 0 unspecified atom stereocenters. The predicted octanol–water partition coefficient (Wildman–Crippen LogP) is 19.6. The van der Waals surface area contributed by atoms with Crippen molar-refractivity contribution in [1.29, 1.82) is 0 Å². The number of rotatable bonds is 6. The van der Waals surface area contributed by atoms with Crippen LogP contribution in [-0.2, 0) is 16.2 Å². The maximum atomic E-state index is 5.41. The average molecular weight is 1130 g/mol. The number of hydrogen-bond acceptors (Lipinski definition) is 6. The Labute approximate surface area is 504 Å². The summed E-state index contributed by atoms with van der Waals surface area (Å²) in [5.41, 5.74) is 24.0. The first-order chi connectivity index (χ1) is 42.0. The van der Waals surface area contributed by atoms with Crippen LogP contribution >= 0.6 is 0 Å². The minimum Gasteiger partial charge on any atom is -0.279 e. The van der Waals surface area contributed by atoms with Gasteiger partial charge in [-0.15, -0.1) is 0 Å². The SMILES string of the molecule is CC(C)(C)c1nc2ccccc2c2nc3cc(-c4ccccc4-c4cc(-c5ccccc5-c5ccc6c(c5)nc5c7ccccc7nc(C(C)(C)C)n65)cc(-c5ccccc5-c5ccc6c(c5)nc5c7ccccc7nc(C(C)(C)C)n65)c4)ccc3n12. The molecule has 0 N–H and O–H groups in total. The number of aromatic nitrogens is 9. The number of para-hydroxylation sites is 3. The quantitative estimate of drug-likeness (QED) is 0.165. The van der Waals surface area contributed by atoms with Crippen molar-refractivity contribution in [3.05, 3.63) is 236 Å². The van der Waals surface area contributed by atoms with Crippen LogP contribution in [0, 0.1) is 0 Å². The van der Waals surface area contributed by atoms with E-state index in [1.807, 2.05) is 0 Å². The summed E-state index contributed by atoms with van der Waals surface area (Å²) in [6.45, 7) is 20.0. The topological polar surface area (TPSA) is 90.6 Å². The molecule has 0 atom stereocenters. The molecule has 9 nitrogen and oxygen atoms in total. The third-order valence-corrected chi connectivity index (χ3v) is 17.3. The molecule has 0 radical (unpaired) electrons. The van der Waals surface area contributed by atoms with Gasteiger partial charge in [-0.1, -0.05) is 190 Å². The van der Waals surface area contributed by atoms with E-state index in [4.69, 9.17) is 29.9 Å². The van der Waals surface area contributed by atoms with Gasteiger partial charge in [0.15, 0.2) is 0 Å². The number of hydrogen-bond donors (Lipinski definition) is 0. The van der Waals surface area contributed by atoms with Gasteiger partial charge in [0.2, 0.25) is 0 Å². The molecule has 6 aromatic heterocycles. The van der Waals surface area contributed by atoms with Crippen LogP contribution in [0.1, 0.15) is 79.8 Å². The van der Waals surface area contributed by atoms with Crippen molar-refractivity contribution >= 4 is 82.8 Å². The fourth-order valence-electron chi connectivity index (χ4n) is 13.3. The average Bonchev–Trinajstić information content (AvgIpc) is 1.69. The standard InChI is InChI=1S/C78H63N9/c1-76(2,3)73-82-61-31-19-16-28-58(61)70-79-64-43-46(34-37-67(64)85(70)73)52-22-10-13-25-55(52)49-40-50(56-26-14-11-23-53(56)47-35-38-68-65(44-47)80-71-59-29-17-20-32-62(59)83-74(86(68)71)77(4,5)6)42-51(41-49)57-27-15-12-24-54(57)48-36-39-69-66(45-48)81-72-60-30-18-21-33-63(60)84-75(87(69)72)78(7,8)9/h10-45H,1-9H3. The molecule has 0 spiro atoms. The Balaban J connectivity index is 0.897. The lowest BCUT2D eigenvalue weighted by atomic mass is 9.86. The van der Waals surface area contributed by atoms with Crippen molar-refractivity contribution in [2.24, 2.45) is 0 Å². The van der Waals surface area contributed by atoms with Crippen molar-refractivity contribution < 1.29 is 0 Å². The molecule has 0 fully saturated rings. The lowest BCUT2D eigenvalue weighted by Crippen LogP contribution is -2.19. The van der Waals surface area contributed by atoms with Crippen LogP contribution in [-0.4, -0.2) is 43.1 Å². The molecule has 6 heterocycles. The number of imidazole rings is 3. The van der Waals surface area contributed by atoms with Gasteiger partial charge in [0, 0.05) is 32.4 Å². The van der Waals surface area contributed by atoms with Gasteiger partial charge in [-0.2, -0.15) is 0 Å². The molecule has 16 rings (SSSR count). The minimum absolute atomic E-state index is 0.227. The lowest BCUT2D eigenvalue weighted by molar-refractivity contribution is 0.542. The summed E-state index contributed by atoms with van der Waals surface area (Å²) in [5.74, 6) is 2.94. The van der Waals surface area contributed by atoms with Gasteiger partial charge in [-0.3, -0.25) is 13.2 Å². The van der Waals surface area contributed by atoms with E-state index in [9.17, 15) is 0 Å². The molecule has 9 heteroatoms. The highest BCUT2D eigenvalue weighted by Gasteiger charge is 2.28. The highest BCUT2D eigenvalue weighted by atomic mass is 15.1. The second kappa shape index (κ2) is 19.1. The number of benzene rings is 10. The zero-order chi connectivity index (χ0) is 59.3. The molecule has 420 valence electrons. The van der Waals surface area contributed by atoms with Gasteiger partial charge in [0.05, 0.1) is 49.7 Å². The Morgan fingerprint density at radius 1 is 0.230 bits per heavy atom. The first kappa shape index (κ1) is 52.2. The Morgan fingerprint density at radius 3 is 0.736 bits per heavy atom. The summed E-state index contributed by atoms with van der Waals surface area (Å²) in [4.78, 5) is 32.0. The van der Waals surface area contributed by atoms with Crippen LogP contribution in [0.25, 0.3) is 150 Å². The summed E-state index contributed by atoms with van der Waals surface area (Å²) in [7, 11) is 0. The summed E-state index contributed by atoms with van der Waals surface area (Å²) in [6.07, 6.45) is 0. The van der Waals surface area contributed by atoms with E-state index in [0.717, 1.165) is 167 Å². The Hall–Kier alpha value is -10.4. The van der Waals surface area contributed by atoms with Crippen molar-refractivity contribution in [3.8, 4) is 66.8 Å². The van der Waals surface area contributed by atoms with Gasteiger partial charge in [-0.05, 0) is 158 Å². The molecule has 0 bridgehead atoms. The fourth-order valence-corrected chi connectivity index (χ4v) is 13.3. The molecule has 0 saturated heterocycles. The first-order valence-electron chi connectivity index (χ1n) is 30.1. The van der Waals surface area contributed by atoms with E-state index in [1.165, 1.54) is 0 Å². The second-order valence-electron chi connectivity index (χ2n) is 26.5. The van der Waals surface area contributed by atoms with Crippen LogP contribution in [0.5, 0.6) is 0 Å². The monoisotopic (exact) mass is 1130 g/mol. The second-order valence-corrected chi connectivity index (χ2v) is 26.5. The maximum Gasteiger partial charge on any atom is 0.148 e. The Bertz CT molecular complexity index is 4980. The van der Waals surface area contributed by atoms with Gasteiger partial charge in [0.25, 0.3) is 0 Å². The maximum absolute atomic E-state index is 5.41. The highest BCUT2D eigenvalue weighted by Crippen LogP contribution is 2.45.